The van der Waals surface area contributed by atoms with E-state index in [-0.39, 0.29) is 22.8 Å². The third-order valence-corrected chi connectivity index (χ3v) is 3.03. The summed E-state index contributed by atoms with van der Waals surface area (Å²) in [5.41, 5.74) is -0.347. The van der Waals surface area contributed by atoms with E-state index in [0.717, 1.165) is 25.7 Å². The van der Waals surface area contributed by atoms with Crippen molar-refractivity contribution in [2.75, 3.05) is 0 Å². The van der Waals surface area contributed by atoms with Crippen molar-refractivity contribution in [2.24, 2.45) is 0 Å². The van der Waals surface area contributed by atoms with Crippen molar-refractivity contribution in [3.63, 3.8) is 0 Å². The number of nitro groups is 1. The second-order valence-corrected chi connectivity index (χ2v) is 4.31. The van der Waals surface area contributed by atoms with Crippen LogP contribution in [0, 0.1) is 10.1 Å². The molecule has 0 atom stereocenters. The lowest BCUT2D eigenvalue weighted by Gasteiger charge is -2.21. The van der Waals surface area contributed by atoms with Crippen molar-refractivity contribution in [3.05, 3.63) is 21.6 Å². The standard InChI is InChI=1S/C10H12ClN3O3/c11-9-8(14(15)16)10(13-6-12-9)17-7-4-2-1-3-5-7/h6-7H,1-5H2. The molecule has 0 N–H and O–H groups in total. The van der Waals surface area contributed by atoms with Gasteiger partial charge in [0.2, 0.25) is 5.15 Å². The second kappa shape index (κ2) is 5.27. The van der Waals surface area contributed by atoms with E-state index in [0.29, 0.717) is 0 Å². The normalized spacial score (nSPS) is 16.8. The summed E-state index contributed by atoms with van der Waals surface area (Å²) in [7, 11) is 0. The van der Waals surface area contributed by atoms with Crippen molar-refractivity contribution < 1.29 is 9.66 Å². The molecule has 7 heteroatoms. The number of hydrogen-bond acceptors (Lipinski definition) is 5. The molecule has 92 valence electrons. The maximum absolute atomic E-state index is 10.8. The first-order valence-corrected chi connectivity index (χ1v) is 5.88. The van der Waals surface area contributed by atoms with Gasteiger partial charge in [0.15, 0.2) is 0 Å². The molecular weight excluding hydrogens is 246 g/mol. The predicted octanol–water partition coefficient (Wildman–Crippen LogP) is 2.75. The summed E-state index contributed by atoms with van der Waals surface area (Å²) in [4.78, 5) is 17.6. The van der Waals surface area contributed by atoms with E-state index in [1.165, 1.54) is 12.7 Å². The zero-order valence-corrected chi connectivity index (χ0v) is 9.89. The van der Waals surface area contributed by atoms with Gasteiger partial charge in [-0.2, -0.15) is 4.98 Å². The SMILES string of the molecule is O=[N+]([O-])c1c(Cl)ncnc1OC1CCCCC1. The fourth-order valence-electron chi connectivity index (χ4n) is 1.92. The molecule has 1 aromatic heterocycles. The minimum absolute atomic E-state index is 0.00610. The van der Waals surface area contributed by atoms with Crippen molar-refractivity contribution in [3.8, 4) is 5.88 Å². The quantitative estimate of drug-likeness (QED) is 0.473. The van der Waals surface area contributed by atoms with E-state index in [4.69, 9.17) is 16.3 Å². The highest BCUT2D eigenvalue weighted by Gasteiger charge is 2.26. The van der Waals surface area contributed by atoms with E-state index < -0.39 is 4.92 Å². The van der Waals surface area contributed by atoms with E-state index in [1.54, 1.807) is 0 Å². The fourth-order valence-corrected chi connectivity index (χ4v) is 2.12. The van der Waals surface area contributed by atoms with Gasteiger partial charge in [-0.15, -0.1) is 0 Å². The zero-order chi connectivity index (χ0) is 12.3. The van der Waals surface area contributed by atoms with Crippen LogP contribution in [0.15, 0.2) is 6.33 Å². The van der Waals surface area contributed by atoms with E-state index >= 15 is 0 Å². The van der Waals surface area contributed by atoms with Crippen LogP contribution in [-0.2, 0) is 0 Å². The topological polar surface area (TPSA) is 78.2 Å². The first-order chi connectivity index (χ1) is 8.18. The van der Waals surface area contributed by atoms with Crippen LogP contribution in [-0.4, -0.2) is 21.0 Å². The van der Waals surface area contributed by atoms with E-state index in [1.807, 2.05) is 0 Å². The summed E-state index contributed by atoms with van der Waals surface area (Å²) in [5.74, 6) is -0.0260. The van der Waals surface area contributed by atoms with Crippen LogP contribution in [0.25, 0.3) is 0 Å². The molecule has 1 aliphatic rings. The third kappa shape index (κ3) is 2.82. The smallest absolute Gasteiger partial charge is 0.367 e. The number of ether oxygens (including phenoxy) is 1. The first-order valence-electron chi connectivity index (χ1n) is 5.50. The van der Waals surface area contributed by atoms with Gasteiger partial charge in [0.1, 0.15) is 12.4 Å². The summed E-state index contributed by atoms with van der Waals surface area (Å²) in [6, 6.07) is 0. The van der Waals surface area contributed by atoms with Gasteiger partial charge < -0.3 is 4.74 Å². The predicted molar refractivity (Wildman–Crippen MR) is 61.2 cm³/mol. The molecule has 0 aliphatic heterocycles. The Hall–Kier alpha value is -1.43. The number of rotatable bonds is 3. The van der Waals surface area contributed by atoms with Crippen LogP contribution in [0.5, 0.6) is 5.88 Å². The lowest BCUT2D eigenvalue weighted by Crippen LogP contribution is -2.20. The first kappa shape index (κ1) is 12.0. The Labute approximate surface area is 103 Å². The summed E-state index contributed by atoms with van der Waals surface area (Å²) in [5, 5.41) is 10.7. The number of hydrogen-bond donors (Lipinski definition) is 0. The molecule has 0 radical (unpaired) electrons. The molecule has 2 rings (SSSR count). The molecule has 1 aromatic rings. The van der Waals surface area contributed by atoms with Gasteiger partial charge in [-0.3, -0.25) is 10.1 Å². The van der Waals surface area contributed by atoms with Gasteiger partial charge in [-0.1, -0.05) is 18.0 Å². The molecule has 1 saturated carbocycles. The van der Waals surface area contributed by atoms with Crippen molar-refractivity contribution in [1.29, 1.82) is 0 Å². The molecular formula is C10H12ClN3O3. The number of halogens is 1. The molecule has 0 unspecified atom stereocenters. The molecule has 1 aliphatic carbocycles. The van der Waals surface area contributed by atoms with Crippen molar-refractivity contribution >= 4 is 17.3 Å². The molecule has 0 bridgehead atoms. The van der Waals surface area contributed by atoms with Gasteiger partial charge in [-0.05, 0) is 25.7 Å². The second-order valence-electron chi connectivity index (χ2n) is 3.95. The summed E-state index contributed by atoms with van der Waals surface area (Å²) >= 11 is 5.67. The number of nitrogens with zero attached hydrogens (tertiary/aromatic N) is 3. The molecule has 1 heterocycles. The number of aromatic nitrogens is 2. The monoisotopic (exact) mass is 257 g/mol. The van der Waals surface area contributed by atoms with Crippen LogP contribution in [0.1, 0.15) is 32.1 Å². The molecule has 6 nitrogen and oxygen atoms in total. The van der Waals surface area contributed by atoms with Gasteiger partial charge >= 0.3 is 5.69 Å². The zero-order valence-electron chi connectivity index (χ0n) is 9.13. The average molecular weight is 258 g/mol. The lowest BCUT2D eigenvalue weighted by molar-refractivity contribution is -0.386. The molecule has 0 spiro atoms. The average Bonchev–Trinajstić information content (AvgIpc) is 2.30. The van der Waals surface area contributed by atoms with Crippen molar-refractivity contribution in [1.82, 2.24) is 9.97 Å². The minimum atomic E-state index is -0.611. The summed E-state index contributed by atoms with van der Waals surface area (Å²) in [6.07, 6.45) is 6.32. The summed E-state index contributed by atoms with van der Waals surface area (Å²) in [6.45, 7) is 0. The van der Waals surface area contributed by atoms with E-state index in [9.17, 15) is 10.1 Å². The maximum atomic E-state index is 10.8. The van der Waals surface area contributed by atoms with Crippen molar-refractivity contribution in [2.45, 2.75) is 38.2 Å². The van der Waals surface area contributed by atoms with Gasteiger partial charge in [0.05, 0.1) is 4.92 Å². The third-order valence-electron chi connectivity index (χ3n) is 2.76. The van der Waals surface area contributed by atoms with Crippen LogP contribution in [0.4, 0.5) is 5.69 Å². The van der Waals surface area contributed by atoms with E-state index in [2.05, 4.69) is 9.97 Å². The lowest BCUT2D eigenvalue weighted by atomic mass is 9.98. The Morgan fingerprint density at radius 2 is 2.06 bits per heavy atom. The Kier molecular flexibility index (Phi) is 3.73. The Bertz CT molecular complexity index is 421. The van der Waals surface area contributed by atoms with Gasteiger partial charge in [0, 0.05) is 0 Å². The highest BCUT2D eigenvalue weighted by Crippen LogP contribution is 2.32. The Morgan fingerprint density at radius 3 is 2.71 bits per heavy atom. The van der Waals surface area contributed by atoms with Gasteiger partial charge in [-0.25, -0.2) is 4.98 Å². The highest BCUT2D eigenvalue weighted by molar-refractivity contribution is 6.31. The molecule has 0 amide bonds. The highest BCUT2D eigenvalue weighted by atomic mass is 35.5. The molecule has 0 saturated heterocycles. The van der Waals surface area contributed by atoms with Crippen LogP contribution in [0.3, 0.4) is 0 Å². The Morgan fingerprint density at radius 1 is 1.35 bits per heavy atom. The van der Waals surface area contributed by atoms with Crippen LogP contribution < -0.4 is 4.74 Å². The van der Waals surface area contributed by atoms with Gasteiger partial charge in [0.25, 0.3) is 5.88 Å². The molecule has 0 aromatic carbocycles. The Balaban J connectivity index is 2.19. The fraction of sp³-hybridized carbons (Fsp3) is 0.600. The van der Waals surface area contributed by atoms with Crippen LogP contribution >= 0.6 is 11.6 Å². The molecule has 1 fully saturated rings. The minimum Gasteiger partial charge on any atom is -0.469 e. The maximum Gasteiger partial charge on any atom is 0.367 e. The summed E-state index contributed by atoms with van der Waals surface area (Å²) < 4.78 is 5.55. The molecule has 17 heavy (non-hydrogen) atoms. The largest absolute Gasteiger partial charge is 0.469 e. The van der Waals surface area contributed by atoms with Crippen LogP contribution in [0.2, 0.25) is 5.15 Å².